The van der Waals surface area contributed by atoms with Gasteiger partial charge in [0.2, 0.25) is 0 Å². The smallest absolute Gasteiger partial charge is 0.381 e. The van der Waals surface area contributed by atoms with E-state index in [4.69, 9.17) is 15.7 Å². The van der Waals surface area contributed by atoms with Gasteiger partial charge in [-0.2, -0.15) is 18.4 Å². The van der Waals surface area contributed by atoms with Crippen LogP contribution in [0.2, 0.25) is 0 Å². The summed E-state index contributed by atoms with van der Waals surface area (Å²) in [6.07, 6.45) is -3.32. The van der Waals surface area contributed by atoms with Crippen molar-refractivity contribution >= 4 is 0 Å². The summed E-state index contributed by atoms with van der Waals surface area (Å²) < 4.78 is 40.4. The Morgan fingerprint density at radius 2 is 1.71 bits per heavy atom. The van der Waals surface area contributed by atoms with E-state index in [2.05, 4.69) is 0 Å². The van der Waals surface area contributed by atoms with E-state index < -0.39 is 18.1 Å². The molecular formula is C11H19F3N2O. The van der Waals surface area contributed by atoms with E-state index in [9.17, 15) is 13.2 Å². The van der Waals surface area contributed by atoms with Crippen molar-refractivity contribution in [1.29, 1.82) is 5.26 Å². The van der Waals surface area contributed by atoms with E-state index >= 15 is 0 Å². The number of hydrogen-bond acceptors (Lipinski definition) is 3. The predicted octanol–water partition coefficient (Wildman–Crippen LogP) is 2.76. The second-order valence-electron chi connectivity index (χ2n) is 4.06. The number of halogens is 3. The van der Waals surface area contributed by atoms with E-state index in [0.29, 0.717) is 25.9 Å². The maximum absolute atomic E-state index is 11.8. The van der Waals surface area contributed by atoms with Gasteiger partial charge in [0.15, 0.2) is 0 Å². The van der Waals surface area contributed by atoms with Crippen molar-refractivity contribution < 1.29 is 17.9 Å². The Hall–Kier alpha value is -0.800. The molecule has 1 atom stereocenters. The third-order valence-electron chi connectivity index (χ3n) is 2.51. The molecule has 0 saturated heterocycles. The molecule has 100 valence electrons. The van der Waals surface area contributed by atoms with E-state index in [1.54, 1.807) is 0 Å². The van der Waals surface area contributed by atoms with Crippen LogP contribution in [-0.2, 0) is 4.74 Å². The van der Waals surface area contributed by atoms with Crippen LogP contribution in [0, 0.1) is 11.3 Å². The van der Waals surface area contributed by atoms with Crippen LogP contribution in [0.15, 0.2) is 0 Å². The quantitative estimate of drug-likeness (QED) is 0.676. The van der Waals surface area contributed by atoms with Crippen LogP contribution < -0.4 is 5.73 Å². The Morgan fingerprint density at radius 3 is 2.12 bits per heavy atom. The first-order valence-electron chi connectivity index (χ1n) is 5.67. The third-order valence-corrected chi connectivity index (χ3v) is 2.51. The highest BCUT2D eigenvalue weighted by molar-refractivity contribution is 5.03. The molecule has 0 rings (SSSR count). The second-order valence-corrected chi connectivity index (χ2v) is 4.06. The monoisotopic (exact) mass is 252 g/mol. The van der Waals surface area contributed by atoms with Crippen LogP contribution >= 0.6 is 0 Å². The normalized spacial score (nSPS) is 15.3. The summed E-state index contributed by atoms with van der Waals surface area (Å²) in [5, 5.41) is 8.77. The minimum absolute atomic E-state index is 0.0245. The van der Waals surface area contributed by atoms with Crippen LogP contribution in [0.4, 0.5) is 13.2 Å². The highest BCUT2D eigenvalue weighted by Crippen LogP contribution is 2.21. The molecule has 17 heavy (non-hydrogen) atoms. The van der Waals surface area contributed by atoms with E-state index in [1.165, 1.54) is 0 Å². The zero-order valence-electron chi connectivity index (χ0n) is 10.0. The van der Waals surface area contributed by atoms with E-state index in [-0.39, 0.29) is 13.0 Å². The van der Waals surface area contributed by atoms with Gasteiger partial charge in [-0.3, -0.25) is 0 Å². The molecule has 0 aromatic heterocycles. The molecular weight excluding hydrogens is 233 g/mol. The van der Waals surface area contributed by atoms with Gasteiger partial charge in [0, 0.05) is 19.6 Å². The summed E-state index contributed by atoms with van der Waals surface area (Å²) in [5.74, 6) is 0. The number of nitrogens with two attached hydrogens (primary N) is 1. The molecule has 0 radical (unpaired) electrons. The lowest BCUT2D eigenvalue weighted by molar-refractivity contribution is -0.137. The lowest BCUT2D eigenvalue weighted by atomic mass is 9.94. The molecule has 0 spiro atoms. The first-order valence-corrected chi connectivity index (χ1v) is 5.67. The minimum atomic E-state index is -4.11. The van der Waals surface area contributed by atoms with Crippen LogP contribution in [-0.4, -0.2) is 24.9 Å². The van der Waals surface area contributed by atoms with Crippen LogP contribution in [0.3, 0.4) is 0 Å². The molecule has 0 saturated carbocycles. The van der Waals surface area contributed by atoms with Crippen molar-refractivity contribution in [2.75, 3.05) is 13.2 Å². The Morgan fingerprint density at radius 1 is 1.18 bits per heavy atom. The molecule has 0 aliphatic heterocycles. The summed E-state index contributed by atoms with van der Waals surface area (Å²) in [6.45, 7) is 2.27. The molecule has 2 N–H and O–H groups in total. The van der Waals surface area contributed by atoms with Crippen molar-refractivity contribution in [2.24, 2.45) is 5.73 Å². The number of hydrogen-bond donors (Lipinski definition) is 1. The molecule has 0 aromatic carbocycles. The summed E-state index contributed by atoms with van der Waals surface area (Å²) in [6, 6.07) is 2.02. The van der Waals surface area contributed by atoms with Gasteiger partial charge in [-0.05, 0) is 25.7 Å². The van der Waals surface area contributed by atoms with Crippen LogP contribution in [0.25, 0.3) is 0 Å². The van der Waals surface area contributed by atoms with Crippen LogP contribution in [0.5, 0.6) is 0 Å². The van der Waals surface area contributed by atoms with Crippen molar-refractivity contribution in [1.82, 2.24) is 0 Å². The topological polar surface area (TPSA) is 59.0 Å². The first kappa shape index (κ1) is 16.2. The SMILES string of the molecule is CCC(N)(C#N)CCCOCCCC(F)(F)F. The summed E-state index contributed by atoms with van der Waals surface area (Å²) in [5.41, 5.74) is 4.89. The van der Waals surface area contributed by atoms with Gasteiger partial charge >= 0.3 is 6.18 Å². The summed E-state index contributed by atoms with van der Waals surface area (Å²) in [4.78, 5) is 0. The molecule has 6 heteroatoms. The Kier molecular flexibility index (Phi) is 7.16. The van der Waals surface area contributed by atoms with Crippen molar-refractivity contribution in [2.45, 2.75) is 50.7 Å². The van der Waals surface area contributed by atoms with Gasteiger partial charge < -0.3 is 10.5 Å². The largest absolute Gasteiger partial charge is 0.389 e. The van der Waals surface area contributed by atoms with E-state index in [1.807, 2.05) is 13.0 Å². The molecule has 0 fully saturated rings. The molecule has 0 amide bonds. The van der Waals surface area contributed by atoms with Crippen molar-refractivity contribution in [3.8, 4) is 6.07 Å². The number of nitrogens with zero attached hydrogens (tertiary/aromatic N) is 1. The lowest BCUT2D eigenvalue weighted by Crippen LogP contribution is -2.37. The maximum Gasteiger partial charge on any atom is 0.389 e. The van der Waals surface area contributed by atoms with Crippen molar-refractivity contribution in [3.05, 3.63) is 0 Å². The lowest BCUT2D eigenvalue weighted by Gasteiger charge is -2.18. The Bertz CT molecular complexity index is 250. The average Bonchev–Trinajstić information content (AvgIpc) is 2.26. The first-order chi connectivity index (χ1) is 7.83. The number of alkyl halides is 3. The Balaban J connectivity index is 3.45. The molecule has 0 aliphatic carbocycles. The molecule has 0 bridgehead atoms. The van der Waals surface area contributed by atoms with E-state index in [0.717, 1.165) is 0 Å². The average molecular weight is 252 g/mol. The summed E-state index contributed by atoms with van der Waals surface area (Å²) >= 11 is 0. The van der Waals surface area contributed by atoms with Gasteiger partial charge in [-0.25, -0.2) is 0 Å². The van der Waals surface area contributed by atoms with Gasteiger partial charge in [-0.1, -0.05) is 6.92 Å². The zero-order valence-corrected chi connectivity index (χ0v) is 10.0. The van der Waals surface area contributed by atoms with Gasteiger partial charge in [-0.15, -0.1) is 0 Å². The predicted molar refractivity (Wildman–Crippen MR) is 58.2 cm³/mol. The standard InChI is InChI=1S/C11H19F3N2O/c1-2-10(16,9-15)5-3-7-17-8-4-6-11(12,13)14/h2-8,16H2,1H3. The molecule has 1 unspecified atom stereocenters. The molecule has 0 heterocycles. The highest BCUT2D eigenvalue weighted by atomic mass is 19.4. The fraction of sp³-hybridized carbons (Fsp3) is 0.909. The molecule has 0 aromatic rings. The zero-order chi connectivity index (χ0) is 13.4. The summed E-state index contributed by atoms with van der Waals surface area (Å²) in [7, 11) is 0. The minimum Gasteiger partial charge on any atom is -0.381 e. The molecule has 3 nitrogen and oxygen atoms in total. The Labute approximate surface area is 99.7 Å². The fourth-order valence-electron chi connectivity index (χ4n) is 1.28. The third kappa shape index (κ3) is 8.95. The number of ether oxygens (including phenoxy) is 1. The van der Waals surface area contributed by atoms with Gasteiger partial charge in [0.1, 0.15) is 5.54 Å². The van der Waals surface area contributed by atoms with Crippen molar-refractivity contribution in [3.63, 3.8) is 0 Å². The molecule has 0 aliphatic rings. The van der Waals surface area contributed by atoms with Gasteiger partial charge in [0.25, 0.3) is 0 Å². The highest BCUT2D eigenvalue weighted by Gasteiger charge is 2.26. The van der Waals surface area contributed by atoms with Crippen LogP contribution in [0.1, 0.15) is 39.0 Å². The fourth-order valence-corrected chi connectivity index (χ4v) is 1.28. The second kappa shape index (κ2) is 7.51. The van der Waals surface area contributed by atoms with Gasteiger partial charge in [0.05, 0.1) is 6.07 Å². The number of nitriles is 1. The number of rotatable bonds is 8. The maximum atomic E-state index is 11.8.